The molecular formula is C50H30BNO2. The van der Waals surface area contributed by atoms with Crippen molar-refractivity contribution in [2.24, 2.45) is 0 Å². The van der Waals surface area contributed by atoms with Crippen molar-refractivity contribution in [1.82, 2.24) is 4.57 Å². The van der Waals surface area contributed by atoms with Crippen LogP contribution < -0.4 is 25.9 Å². The summed E-state index contributed by atoms with van der Waals surface area (Å²) in [5, 5.41) is 7.44. The molecule has 0 spiro atoms. The van der Waals surface area contributed by atoms with E-state index < -0.39 is 0 Å². The van der Waals surface area contributed by atoms with Crippen molar-refractivity contribution in [1.29, 1.82) is 0 Å². The van der Waals surface area contributed by atoms with E-state index in [2.05, 4.69) is 187 Å². The molecule has 0 radical (unpaired) electrons. The number of hydrogen-bond acceptors (Lipinski definition) is 2. The maximum Gasteiger partial charge on any atom is 0.260 e. The summed E-state index contributed by atoms with van der Waals surface area (Å²) in [6.45, 7) is -0.0154. The van der Waals surface area contributed by atoms with E-state index >= 15 is 0 Å². The van der Waals surface area contributed by atoms with Gasteiger partial charge in [0, 0.05) is 28.0 Å². The minimum Gasteiger partial charge on any atom is -0.458 e. The van der Waals surface area contributed by atoms with Gasteiger partial charge in [-0.25, -0.2) is 0 Å². The molecule has 12 rings (SSSR count). The third-order valence-electron chi connectivity index (χ3n) is 11.5. The van der Waals surface area contributed by atoms with E-state index in [1.54, 1.807) is 0 Å². The molecule has 9 aromatic carbocycles. The molecule has 3 heterocycles. The van der Waals surface area contributed by atoms with Crippen molar-refractivity contribution in [3.05, 3.63) is 182 Å². The summed E-state index contributed by atoms with van der Waals surface area (Å²) in [6, 6.07) is 65.4. The first-order valence-corrected chi connectivity index (χ1v) is 18.5. The van der Waals surface area contributed by atoms with Gasteiger partial charge in [0.2, 0.25) is 0 Å². The van der Waals surface area contributed by atoms with Crippen LogP contribution in [0.15, 0.2) is 182 Å². The Kier molecular flexibility index (Phi) is 6.14. The average Bonchev–Trinajstić information content (AvgIpc) is 3.56. The predicted molar refractivity (Wildman–Crippen MR) is 224 cm³/mol. The monoisotopic (exact) mass is 687 g/mol. The highest BCUT2D eigenvalue weighted by atomic mass is 16.5. The third kappa shape index (κ3) is 4.25. The van der Waals surface area contributed by atoms with E-state index in [0.29, 0.717) is 0 Å². The molecule has 10 aromatic rings. The van der Waals surface area contributed by atoms with E-state index in [4.69, 9.17) is 9.47 Å². The molecule has 0 saturated heterocycles. The van der Waals surface area contributed by atoms with Crippen LogP contribution in [-0.2, 0) is 0 Å². The minimum atomic E-state index is -0.0154. The van der Waals surface area contributed by atoms with Crippen LogP contribution in [0.25, 0.3) is 71.3 Å². The Morgan fingerprint density at radius 3 is 1.67 bits per heavy atom. The Labute approximate surface area is 312 Å². The molecule has 0 amide bonds. The van der Waals surface area contributed by atoms with Crippen molar-refractivity contribution in [3.63, 3.8) is 0 Å². The second kappa shape index (κ2) is 11.2. The normalized spacial score (nSPS) is 12.7. The molecule has 0 aliphatic carbocycles. The number of aromatic nitrogens is 1. The van der Waals surface area contributed by atoms with Crippen LogP contribution in [0.1, 0.15) is 0 Å². The van der Waals surface area contributed by atoms with E-state index in [0.717, 1.165) is 56.2 Å². The lowest BCUT2D eigenvalue weighted by Crippen LogP contribution is -2.57. The molecule has 0 bridgehead atoms. The zero-order valence-corrected chi connectivity index (χ0v) is 29.2. The Morgan fingerprint density at radius 2 is 0.944 bits per heavy atom. The van der Waals surface area contributed by atoms with Gasteiger partial charge in [-0.2, -0.15) is 0 Å². The number of ether oxygens (including phenoxy) is 2. The van der Waals surface area contributed by atoms with E-state index in [1.165, 1.54) is 54.5 Å². The van der Waals surface area contributed by atoms with Gasteiger partial charge in [0.15, 0.2) is 0 Å². The minimum absolute atomic E-state index is 0.0154. The second-order valence-corrected chi connectivity index (χ2v) is 14.4. The molecule has 0 unspecified atom stereocenters. The van der Waals surface area contributed by atoms with E-state index in [-0.39, 0.29) is 6.71 Å². The molecule has 0 saturated carbocycles. The number of nitrogens with zero attached hydrogens (tertiary/aromatic N) is 1. The summed E-state index contributed by atoms with van der Waals surface area (Å²) < 4.78 is 16.1. The van der Waals surface area contributed by atoms with Gasteiger partial charge in [0.25, 0.3) is 6.71 Å². The van der Waals surface area contributed by atoms with Gasteiger partial charge >= 0.3 is 0 Å². The van der Waals surface area contributed by atoms with Crippen molar-refractivity contribution >= 4 is 66.5 Å². The first kappa shape index (κ1) is 29.5. The van der Waals surface area contributed by atoms with Gasteiger partial charge in [0.1, 0.15) is 23.0 Å². The van der Waals surface area contributed by atoms with Gasteiger partial charge < -0.3 is 14.0 Å². The molecule has 2 aliphatic rings. The van der Waals surface area contributed by atoms with Crippen LogP contribution in [0.4, 0.5) is 0 Å². The summed E-state index contributed by atoms with van der Waals surface area (Å²) in [7, 11) is 0. The van der Waals surface area contributed by atoms with Crippen molar-refractivity contribution < 1.29 is 9.47 Å². The maximum atomic E-state index is 7.00. The summed E-state index contributed by atoms with van der Waals surface area (Å²) in [5.41, 5.74) is 11.4. The highest BCUT2D eigenvalue weighted by Gasteiger charge is 2.40. The highest BCUT2D eigenvalue weighted by molar-refractivity contribution is 6.98. The van der Waals surface area contributed by atoms with Crippen LogP contribution in [0, 0.1) is 0 Å². The molecule has 4 heteroatoms. The van der Waals surface area contributed by atoms with Crippen molar-refractivity contribution in [2.75, 3.05) is 0 Å². The van der Waals surface area contributed by atoms with Crippen molar-refractivity contribution in [3.8, 4) is 50.9 Å². The van der Waals surface area contributed by atoms with Gasteiger partial charge in [-0.15, -0.1) is 0 Å². The number of rotatable bonds is 3. The first-order chi connectivity index (χ1) is 26.8. The summed E-state index contributed by atoms with van der Waals surface area (Å²) in [5.74, 6) is 3.41. The smallest absolute Gasteiger partial charge is 0.260 e. The van der Waals surface area contributed by atoms with Crippen LogP contribution in [0.3, 0.4) is 0 Å². The topological polar surface area (TPSA) is 23.4 Å². The molecule has 3 nitrogen and oxygen atoms in total. The summed E-state index contributed by atoms with van der Waals surface area (Å²) in [4.78, 5) is 0. The fraction of sp³-hybridized carbons (Fsp3) is 0. The maximum absolute atomic E-state index is 7.00. The van der Waals surface area contributed by atoms with Gasteiger partial charge in [-0.1, -0.05) is 127 Å². The molecule has 250 valence electrons. The lowest BCUT2D eigenvalue weighted by Gasteiger charge is -2.33. The predicted octanol–water partition coefficient (Wildman–Crippen LogP) is 11.2. The Bertz CT molecular complexity index is 3090. The average molecular weight is 688 g/mol. The largest absolute Gasteiger partial charge is 0.458 e. The zero-order valence-electron chi connectivity index (χ0n) is 29.2. The SMILES string of the molecule is c1cc(-c2cc3c4c(c2)Oc2cc(-n5c6ccccc6c6ccccc65)ccc2B4c2ccccc2O3)cc(-c2c3ccccc3cc3ccccc23)c1. The fourth-order valence-corrected chi connectivity index (χ4v) is 9.12. The molecule has 1 aromatic heterocycles. The first-order valence-electron chi connectivity index (χ1n) is 18.5. The highest BCUT2D eigenvalue weighted by Crippen LogP contribution is 2.42. The summed E-state index contributed by atoms with van der Waals surface area (Å²) in [6.07, 6.45) is 0. The van der Waals surface area contributed by atoms with Gasteiger partial charge in [-0.3, -0.25) is 0 Å². The second-order valence-electron chi connectivity index (χ2n) is 14.4. The number of fused-ring (bicyclic) bond motifs is 9. The zero-order chi connectivity index (χ0) is 35.3. The number of hydrogen-bond donors (Lipinski definition) is 0. The Balaban J connectivity index is 1.04. The van der Waals surface area contributed by atoms with Crippen LogP contribution >= 0.6 is 0 Å². The van der Waals surface area contributed by atoms with E-state index in [9.17, 15) is 0 Å². The van der Waals surface area contributed by atoms with Crippen LogP contribution in [-0.4, -0.2) is 11.3 Å². The fourth-order valence-electron chi connectivity index (χ4n) is 9.12. The molecule has 0 atom stereocenters. The van der Waals surface area contributed by atoms with Gasteiger partial charge in [-0.05, 0) is 103 Å². The van der Waals surface area contributed by atoms with Crippen LogP contribution in [0.5, 0.6) is 23.0 Å². The van der Waals surface area contributed by atoms with Gasteiger partial charge in [0.05, 0.1) is 11.0 Å². The lowest BCUT2D eigenvalue weighted by molar-refractivity contribution is 0.465. The van der Waals surface area contributed by atoms with E-state index in [1.807, 2.05) is 0 Å². The standard InChI is InChI=1S/C50H30BNO2/c1-3-16-37-32(12-1)27-33-13-2-4-17-38(33)49(37)34-15-11-14-31(26-34)35-28-47-50-48(29-35)54-46-30-36(24-25-42(46)51(50)41-20-7-10-23-45(41)53-47)52-43-21-8-5-18-39(43)40-19-6-9-22-44(40)52/h1-30H. The quantitative estimate of drug-likeness (QED) is 0.136. The van der Waals surface area contributed by atoms with Crippen LogP contribution in [0.2, 0.25) is 0 Å². The van der Waals surface area contributed by atoms with Crippen molar-refractivity contribution in [2.45, 2.75) is 0 Å². The third-order valence-corrected chi connectivity index (χ3v) is 11.5. The number of benzene rings is 9. The summed E-state index contributed by atoms with van der Waals surface area (Å²) >= 11 is 0. The Hall–Kier alpha value is -7.04. The molecule has 0 fully saturated rings. The lowest BCUT2D eigenvalue weighted by atomic mass is 9.35. The molecule has 2 aliphatic heterocycles. The molecular weight excluding hydrogens is 657 g/mol. The molecule has 0 N–H and O–H groups in total. The molecule has 54 heavy (non-hydrogen) atoms. The Morgan fingerprint density at radius 1 is 0.370 bits per heavy atom. The number of para-hydroxylation sites is 3.